The van der Waals surface area contributed by atoms with Crippen molar-refractivity contribution in [2.45, 2.75) is 19.4 Å². The lowest BCUT2D eigenvalue weighted by atomic mass is 10.0. The molecule has 3 rings (SSSR count). The second kappa shape index (κ2) is 4.97. The molecule has 1 saturated heterocycles. The number of aryl methyl sites for hydroxylation is 1. The first-order valence-corrected chi connectivity index (χ1v) is 6.62. The predicted octanol–water partition coefficient (Wildman–Crippen LogP) is 1.99. The summed E-state index contributed by atoms with van der Waals surface area (Å²) in [5.74, 6) is 0.783. The van der Waals surface area contributed by atoms with Crippen molar-refractivity contribution in [3.8, 4) is 11.1 Å². The molecule has 4 heteroatoms. The van der Waals surface area contributed by atoms with E-state index in [2.05, 4.69) is 33.9 Å². The standard InChI is InChI=1S/C15H18N4/c1-11-4-2-3-5-14(11)12-8-17-15(18-9-12)19-7-6-13(16)10-19/h2-5,8-9,13H,6-7,10,16H2,1H3. The van der Waals surface area contributed by atoms with E-state index in [4.69, 9.17) is 5.73 Å². The van der Waals surface area contributed by atoms with Gasteiger partial charge < -0.3 is 10.6 Å². The van der Waals surface area contributed by atoms with Gasteiger partial charge in [0.15, 0.2) is 0 Å². The van der Waals surface area contributed by atoms with Crippen LogP contribution in [0.25, 0.3) is 11.1 Å². The Bertz CT molecular complexity index is 565. The summed E-state index contributed by atoms with van der Waals surface area (Å²) in [6, 6.07) is 8.53. The average Bonchev–Trinajstić information content (AvgIpc) is 2.86. The number of hydrogen-bond acceptors (Lipinski definition) is 4. The molecule has 2 N–H and O–H groups in total. The Morgan fingerprint density at radius 3 is 2.58 bits per heavy atom. The highest BCUT2D eigenvalue weighted by molar-refractivity contribution is 5.65. The number of nitrogens with two attached hydrogens (primary N) is 1. The first kappa shape index (κ1) is 12.1. The molecule has 1 atom stereocenters. The highest BCUT2D eigenvalue weighted by atomic mass is 15.3. The molecule has 1 unspecified atom stereocenters. The van der Waals surface area contributed by atoms with Crippen LogP contribution < -0.4 is 10.6 Å². The molecule has 0 amide bonds. The van der Waals surface area contributed by atoms with Gasteiger partial charge in [-0.3, -0.25) is 0 Å². The topological polar surface area (TPSA) is 55.0 Å². The van der Waals surface area contributed by atoms with Crippen LogP contribution in [0.1, 0.15) is 12.0 Å². The van der Waals surface area contributed by atoms with Crippen molar-refractivity contribution in [3.63, 3.8) is 0 Å². The normalized spacial score (nSPS) is 18.8. The van der Waals surface area contributed by atoms with Gasteiger partial charge in [-0.15, -0.1) is 0 Å². The molecule has 1 fully saturated rings. The van der Waals surface area contributed by atoms with E-state index in [0.29, 0.717) is 0 Å². The molecular formula is C15H18N4. The average molecular weight is 254 g/mol. The van der Waals surface area contributed by atoms with Crippen LogP contribution in [0.15, 0.2) is 36.7 Å². The minimum absolute atomic E-state index is 0.250. The third kappa shape index (κ3) is 2.44. The minimum Gasteiger partial charge on any atom is -0.339 e. The monoisotopic (exact) mass is 254 g/mol. The molecule has 1 aliphatic heterocycles. The van der Waals surface area contributed by atoms with E-state index in [1.54, 1.807) is 0 Å². The van der Waals surface area contributed by atoms with E-state index in [-0.39, 0.29) is 6.04 Å². The van der Waals surface area contributed by atoms with E-state index < -0.39 is 0 Å². The van der Waals surface area contributed by atoms with Gasteiger partial charge in [-0.2, -0.15) is 0 Å². The van der Waals surface area contributed by atoms with Crippen molar-refractivity contribution in [1.82, 2.24) is 9.97 Å². The van der Waals surface area contributed by atoms with Gasteiger partial charge in [-0.25, -0.2) is 9.97 Å². The van der Waals surface area contributed by atoms with Crippen LogP contribution in [0, 0.1) is 6.92 Å². The zero-order chi connectivity index (χ0) is 13.2. The van der Waals surface area contributed by atoms with E-state index in [1.807, 2.05) is 24.5 Å². The molecule has 0 saturated carbocycles. The number of nitrogens with zero attached hydrogens (tertiary/aromatic N) is 3. The molecule has 1 aromatic heterocycles. The molecule has 2 heterocycles. The van der Waals surface area contributed by atoms with Crippen LogP contribution in [0.2, 0.25) is 0 Å². The number of rotatable bonds is 2. The van der Waals surface area contributed by atoms with Gasteiger partial charge in [-0.1, -0.05) is 24.3 Å². The molecule has 0 bridgehead atoms. The van der Waals surface area contributed by atoms with Gasteiger partial charge in [0.05, 0.1) is 0 Å². The van der Waals surface area contributed by atoms with Crippen molar-refractivity contribution in [1.29, 1.82) is 0 Å². The summed E-state index contributed by atoms with van der Waals surface area (Å²) in [7, 11) is 0. The Balaban J connectivity index is 1.85. The second-order valence-corrected chi connectivity index (χ2v) is 5.08. The van der Waals surface area contributed by atoms with Gasteiger partial charge in [0.2, 0.25) is 5.95 Å². The highest BCUT2D eigenvalue weighted by Crippen LogP contribution is 2.23. The summed E-state index contributed by atoms with van der Waals surface area (Å²) >= 11 is 0. The molecule has 2 aromatic rings. The molecule has 98 valence electrons. The summed E-state index contributed by atoms with van der Waals surface area (Å²) in [5.41, 5.74) is 9.39. The van der Waals surface area contributed by atoms with Crippen molar-refractivity contribution >= 4 is 5.95 Å². The summed E-state index contributed by atoms with van der Waals surface area (Å²) < 4.78 is 0. The molecule has 0 aliphatic carbocycles. The molecule has 1 aliphatic rings. The van der Waals surface area contributed by atoms with Crippen LogP contribution in [-0.2, 0) is 0 Å². The summed E-state index contributed by atoms with van der Waals surface area (Å²) in [6.07, 6.45) is 4.81. The lowest BCUT2D eigenvalue weighted by Crippen LogP contribution is -2.27. The molecular weight excluding hydrogens is 236 g/mol. The Hall–Kier alpha value is -1.94. The van der Waals surface area contributed by atoms with Crippen molar-refractivity contribution < 1.29 is 0 Å². The van der Waals surface area contributed by atoms with Crippen LogP contribution in [0.5, 0.6) is 0 Å². The van der Waals surface area contributed by atoms with Gasteiger partial charge in [0.1, 0.15) is 0 Å². The van der Waals surface area contributed by atoms with E-state index in [1.165, 1.54) is 11.1 Å². The van der Waals surface area contributed by atoms with Gasteiger partial charge in [0.25, 0.3) is 0 Å². The van der Waals surface area contributed by atoms with E-state index in [9.17, 15) is 0 Å². The van der Waals surface area contributed by atoms with Crippen LogP contribution in [0.4, 0.5) is 5.95 Å². The SMILES string of the molecule is Cc1ccccc1-c1cnc(N2CCC(N)C2)nc1. The summed E-state index contributed by atoms with van der Waals surface area (Å²) in [4.78, 5) is 11.1. The molecule has 0 radical (unpaired) electrons. The third-order valence-electron chi connectivity index (χ3n) is 3.60. The fraction of sp³-hybridized carbons (Fsp3) is 0.333. The van der Waals surface area contributed by atoms with Crippen molar-refractivity contribution in [2.75, 3.05) is 18.0 Å². The zero-order valence-corrected chi connectivity index (χ0v) is 11.1. The number of aromatic nitrogens is 2. The lowest BCUT2D eigenvalue weighted by molar-refractivity contribution is 0.750. The maximum Gasteiger partial charge on any atom is 0.225 e. The smallest absolute Gasteiger partial charge is 0.225 e. The zero-order valence-electron chi connectivity index (χ0n) is 11.1. The number of hydrogen-bond donors (Lipinski definition) is 1. The van der Waals surface area contributed by atoms with Gasteiger partial charge >= 0.3 is 0 Å². The maximum atomic E-state index is 5.91. The quantitative estimate of drug-likeness (QED) is 0.890. The van der Waals surface area contributed by atoms with Crippen molar-refractivity contribution in [2.24, 2.45) is 5.73 Å². The maximum absolute atomic E-state index is 5.91. The number of anilines is 1. The Morgan fingerprint density at radius 1 is 1.21 bits per heavy atom. The fourth-order valence-electron chi connectivity index (χ4n) is 2.49. The Labute approximate surface area is 113 Å². The Morgan fingerprint density at radius 2 is 1.95 bits per heavy atom. The lowest BCUT2D eigenvalue weighted by Gasteiger charge is -2.15. The predicted molar refractivity (Wildman–Crippen MR) is 77.0 cm³/mol. The van der Waals surface area contributed by atoms with Crippen LogP contribution in [0.3, 0.4) is 0 Å². The highest BCUT2D eigenvalue weighted by Gasteiger charge is 2.21. The minimum atomic E-state index is 0.250. The van der Waals surface area contributed by atoms with Gasteiger partial charge in [-0.05, 0) is 24.5 Å². The first-order chi connectivity index (χ1) is 9.24. The second-order valence-electron chi connectivity index (χ2n) is 5.08. The van der Waals surface area contributed by atoms with E-state index >= 15 is 0 Å². The first-order valence-electron chi connectivity index (χ1n) is 6.62. The largest absolute Gasteiger partial charge is 0.339 e. The number of benzene rings is 1. The summed E-state index contributed by atoms with van der Waals surface area (Å²) in [6.45, 7) is 3.90. The summed E-state index contributed by atoms with van der Waals surface area (Å²) in [5, 5.41) is 0. The molecule has 19 heavy (non-hydrogen) atoms. The molecule has 0 spiro atoms. The molecule has 4 nitrogen and oxygen atoms in total. The van der Waals surface area contributed by atoms with Crippen molar-refractivity contribution in [3.05, 3.63) is 42.2 Å². The van der Waals surface area contributed by atoms with Crippen LogP contribution in [-0.4, -0.2) is 29.1 Å². The third-order valence-corrected chi connectivity index (χ3v) is 3.60. The fourth-order valence-corrected chi connectivity index (χ4v) is 2.49. The van der Waals surface area contributed by atoms with Crippen LogP contribution >= 0.6 is 0 Å². The Kier molecular flexibility index (Phi) is 3.17. The van der Waals surface area contributed by atoms with E-state index in [0.717, 1.165) is 31.0 Å². The van der Waals surface area contributed by atoms with Gasteiger partial charge in [0, 0.05) is 37.1 Å². The molecule has 1 aromatic carbocycles.